The Labute approximate surface area is 277 Å². The third-order valence-corrected chi connectivity index (χ3v) is 10.3. The van der Waals surface area contributed by atoms with E-state index >= 15 is 0 Å². The summed E-state index contributed by atoms with van der Waals surface area (Å²) in [6.07, 6.45) is -14.8. The number of rotatable bonds is 6. The van der Waals surface area contributed by atoms with Gasteiger partial charge in [-0.3, -0.25) is 0 Å². The highest BCUT2D eigenvalue weighted by Crippen LogP contribution is 2.63. The molecule has 3 saturated heterocycles. The molecule has 278 valence electrons. The van der Waals surface area contributed by atoms with Crippen molar-refractivity contribution >= 4 is 11.9 Å². The Morgan fingerprint density at radius 3 is 1.98 bits per heavy atom. The molecule has 15 unspecified atom stereocenters. The summed E-state index contributed by atoms with van der Waals surface area (Å²) in [5.41, 5.74) is 1.10. The highest BCUT2D eigenvalue weighted by molar-refractivity contribution is 5.74. The zero-order valence-corrected chi connectivity index (χ0v) is 25.9. The van der Waals surface area contributed by atoms with E-state index in [4.69, 9.17) is 23.7 Å². The lowest BCUT2D eigenvalue weighted by Crippen LogP contribution is -2.66. The standard InChI is InChI=1S/C29H35NO15.4H2O/c1-30-7-6-29-10-3-5-13(42-28-20(36)16(32)18(34)23(45-28)26(39)40)24(29)43-21-12(4-2-9(14(21)29)8-11(10)30)41-27-19(35)15(31)17(33)22(44-27)25(37)38;;;;/h2-5,10-11,13,15-20,22-24,27-28,31-36H,6-8H2,1H3,(H,37,38)(H,39,40);4*1H2. The van der Waals surface area contributed by atoms with Gasteiger partial charge in [-0.2, -0.15) is 0 Å². The number of hydrogen-bond acceptors (Lipinski definition) is 14. The zero-order chi connectivity index (χ0) is 32.1. The highest BCUT2D eigenvalue weighted by Gasteiger charge is 2.65. The minimum absolute atomic E-state index is 0. The van der Waals surface area contributed by atoms with Gasteiger partial charge >= 0.3 is 11.9 Å². The van der Waals surface area contributed by atoms with Crippen molar-refractivity contribution in [1.82, 2.24) is 4.90 Å². The van der Waals surface area contributed by atoms with Crippen molar-refractivity contribution < 1.29 is 96.0 Å². The molecule has 6 aliphatic rings. The molecule has 4 heterocycles. The summed E-state index contributed by atoms with van der Waals surface area (Å²) in [6.45, 7) is 0.689. The lowest BCUT2D eigenvalue weighted by atomic mass is 9.53. The first kappa shape index (κ1) is 40.4. The third-order valence-electron chi connectivity index (χ3n) is 10.3. The van der Waals surface area contributed by atoms with E-state index in [9.17, 15) is 50.4 Å². The van der Waals surface area contributed by atoms with E-state index in [1.165, 1.54) is 0 Å². The molecule has 0 amide bonds. The molecule has 1 spiro atoms. The van der Waals surface area contributed by atoms with Crippen LogP contribution >= 0.6 is 0 Å². The summed E-state index contributed by atoms with van der Waals surface area (Å²) in [6, 6.07) is 3.53. The monoisotopic (exact) mass is 709 g/mol. The van der Waals surface area contributed by atoms with Crippen LogP contribution in [-0.4, -0.2) is 173 Å². The molecule has 2 aliphatic carbocycles. The molecule has 16 N–H and O–H groups in total. The van der Waals surface area contributed by atoms with Gasteiger partial charge in [0.2, 0.25) is 6.29 Å². The Hall–Kier alpha value is -3.06. The number of carbonyl (C=O) groups is 2. The van der Waals surface area contributed by atoms with Crippen LogP contribution in [0.25, 0.3) is 0 Å². The fourth-order valence-corrected chi connectivity index (χ4v) is 8.01. The highest BCUT2D eigenvalue weighted by atomic mass is 16.7. The number of piperidine rings is 1. The molecule has 49 heavy (non-hydrogen) atoms. The number of benzene rings is 1. The van der Waals surface area contributed by atoms with Crippen LogP contribution in [-0.2, 0) is 35.6 Å². The van der Waals surface area contributed by atoms with Gasteiger partial charge in [-0.15, -0.1) is 0 Å². The molecule has 0 saturated carbocycles. The molecular weight excluding hydrogens is 666 g/mol. The Bertz CT molecular complexity index is 1410. The molecule has 20 nitrogen and oxygen atoms in total. The molecule has 2 bridgehead atoms. The number of carboxylic acids is 2. The predicted octanol–water partition coefficient (Wildman–Crippen LogP) is -6.62. The first-order chi connectivity index (χ1) is 21.3. The lowest BCUT2D eigenvalue weighted by molar-refractivity contribution is -0.307. The van der Waals surface area contributed by atoms with E-state index in [0.29, 0.717) is 19.4 Å². The van der Waals surface area contributed by atoms with Crippen LogP contribution in [0, 0.1) is 5.92 Å². The van der Waals surface area contributed by atoms with Gasteiger partial charge in [-0.25, -0.2) is 9.59 Å². The van der Waals surface area contributed by atoms with Gasteiger partial charge in [0.15, 0.2) is 30.0 Å². The molecule has 15 atom stereocenters. The van der Waals surface area contributed by atoms with Crippen LogP contribution in [0.2, 0.25) is 0 Å². The maximum absolute atomic E-state index is 11.7. The van der Waals surface area contributed by atoms with Gasteiger partial charge in [-0.05, 0) is 38.1 Å². The number of likely N-dealkylation sites (N-methyl/N-ethyl adjacent to an activating group) is 1. The lowest BCUT2D eigenvalue weighted by Gasteiger charge is -2.57. The summed E-state index contributed by atoms with van der Waals surface area (Å²) in [7, 11) is 2.04. The smallest absolute Gasteiger partial charge is 0.335 e. The van der Waals surface area contributed by atoms with Crippen molar-refractivity contribution in [1.29, 1.82) is 0 Å². The molecule has 0 radical (unpaired) electrons. The summed E-state index contributed by atoms with van der Waals surface area (Å²) >= 11 is 0. The number of aliphatic carboxylic acids is 2. The average molecular weight is 710 g/mol. The van der Waals surface area contributed by atoms with Gasteiger partial charge in [0.1, 0.15) is 48.8 Å². The second-order valence-electron chi connectivity index (χ2n) is 12.6. The second-order valence-corrected chi connectivity index (χ2v) is 12.6. The van der Waals surface area contributed by atoms with E-state index in [-0.39, 0.29) is 45.4 Å². The van der Waals surface area contributed by atoms with Crippen molar-refractivity contribution in [3.05, 3.63) is 35.4 Å². The minimum atomic E-state index is -1.90. The van der Waals surface area contributed by atoms with E-state index in [1.54, 1.807) is 12.1 Å². The first-order valence-corrected chi connectivity index (χ1v) is 14.7. The van der Waals surface area contributed by atoms with E-state index in [1.807, 2.05) is 19.2 Å². The van der Waals surface area contributed by atoms with Crippen molar-refractivity contribution in [2.75, 3.05) is 13.6 Å². The van der Waals surface area contributed by atoms with Gasteiger partial charge in [0.25, 0.3) is 0 Å². The Kier molecular flexibility index (Phi) is 11.8. The molecule has 3 fully saturated rings. The average Bonchev–Trinajstić information content (AvgIpc) is 3.36. The topological polar surface area (TPSA) is 371 Å². The fourth-order valence-electron chi connectivity index (χ4n) is 8.01. The van der Waals surface area contributed by atoms with Crippen molar-refractivity contribution in [2.24, 2.45) is 5.92 Å². The summed E-state index contributed by atoms with van der Waals surface area (Å²) in [5, 5.41) is 81.1. The number of hydrogen-bond donors (Lipinski definition) is 8. The Morgan fingerprint density at radius 2 is 1.39 bits per heavy atom. The number of carboxylic acid groups (broad SMARTS) is 2. The van der Waals surface area contributed by atoms with E-state index in [0.717, 1.165) is 11.1 Å². The molecule has 7 rings (SSSR count). The number of likely N-dealkylation sites (tertiary alicyclic amines) is 1. The summed E-state index contributed by atoms with van der Waals surface area (Å²) < 4.78 is 29.4. The number of nitrogens with zero attached hydrogens (tertiary/aromatic N) is 1. The molecule has 1 aromatic rings. The van der Waals surface area contributed by atoms with Crippen LogP contribution in [0.5, 0.6) is 11.5 Å². The first-order valence-electron chi connectivity index (χ1n) is 14.7. The number of aliphatic hydroxyl groups is 6. The van der Waals surface area contributed by atoms with Gasteiger partial charge in [-0.1, -0.05) is 18.2 Å². The van der Waals surface area contributed by atoms with E-state index < -0.39 is 91.0 Å². The van der Waals surface area contributed by atoms with Crippen LogP contribution in [0.15, 0.2) is 24.3 Å². The molecule has 4 aliphatic heterocycles. The minimum Gasteiger partial charge on any atom is -0.482 e. The Balaban J connectivity index is 0.00000163. The predicted molar refractivity (Wildman–Crippen MR) is 158 cm³/mol. The molecule has 1 aromatic carbocycles. The normalized spacial score (nSPS) is 42.8. The van der Waals surface area contributed by atoms with Gasteiger partial charge in [0, 0.05) is 22.9 Å². The fraction of sp³-hybridized carbons (Fsp3) is 0.655. The molecular formula is C29H43NO19. The molecule has 0 aromatic heterocycles. The number of aliphatic hydroxyl groups excluding tert-OH is 6. The van der Waals surface area contributed by atoms with E-state index in [2.05, 4.69) is 4.90 Å². The van der Waals surface area contributed by atoms with Crippen molar-refractivity contribution in [3.63, 3.8) is 0 Å². The van der Waals surface area contributed by atoms with Crippen LogP contribution in [0.4, 0.5) is 0 Å². The SMILES string of the molecule is CN1CCC23c4c5ccc(OC6OC(C(=O)O)C(O)C(O)C6O)c4OC2C(OC2OC(C(=O)O)C(O)C(O)C2O)C=CC3C1C5.O.O.O.O. The second kappa shape index (κ2) is 14.3. The van der Waals surface area contributed by atoms with Crippen LogP contribution in [0.1, 0.15) is 17.5 Å². The van der Waals surface area contributed by atoms with Crippen molar-refractivity contribution in [3.8, 4) is 11.5 Å². The van der Waals surface area contributed by atoms with Gasteiger partial charge < -0.3 is 91.3 Å². The zero-order valence-electron chi connectivity index (χ0n) is 25.9. The summed E-state index contributed by atoms with van der Waals surface area (Å²) in [5.74, 6) is -2.79. The van der Waals surface area contributed by atoms with Crippen LogP contribution < -0.4 is 9.47 Å². The van der Waals surface area contributed by atoms with Crippen LogP contribution in [0.3, 0.4) is 0 Å². The maximum atomic E-state index is 11.7. The quantitative estimate of drug-likeness (QED) is 0.127. The summed E-state index contributed by atoms with van der Waals surface area (Å²) in [4.78, 5) is 25.6. The van der Waals surface area contributed by atoms with Crippen molar-refractivity contribution in [2.45, 2.75) is 97.9 Å². The Morgan fingerprint density at radius 1 is 0.816 bits per heavy atom. The molecule has 20 heteroatoms. The number of ether oxygens (including phenoxy) is 5. The third kappa shape index (κ3) is 5.86. The van der Waals surface area contributed by atoms with Gasteiger partial charge in [0.05, 0.1) is 0 Å². The maximum Gasteiger partial charge on any atom is 0.335 e. The largest absolute Gasteiger partial charge is 0.482 e.